The number of carbonyl (C=O) groups is 1. The SMILES string of the molecule is Cl.O=C(Oc1cccs1)N(CCN1CCCC1)Cc1cc(-c2ccc3n[nH]nc3c2)ccc1F. The van der Waals surface area contributed by atoms with Crippen molar-refractivity contribution in [2.75, 3.05) is 26.2 Å². The van der Waals surface area contributed by atoms with Crippen LogP contribution in [0.4, 0.5) is 9.18 Å². The zero-order valence-electron chi connectivity index (χ0n) is 18.4. The third-order valence-corrected chi connectivity index (χ3v) is 6.63. The molecule has 1 aliphatic rings. The molecule has 7 nitrogen and oxygen atoms in total. The van der Waals surface area contributed by atoms with E-state index in [9.17, 15) is 9.18 Å². The molecule has 2 aromatic heterocycles. The van der Waals surface area contributed by atoms with E-state index in [-0.39, 0.29) is 24.8 Å². The van der Waals surface area contributed by atoms with Crippen LogP contribution in [0.25, 0.3) is 22.2 Å². The Hall–Kier alpha value is -3.01. The molecule has 3 heterocycles. The van der Waals surface area contributed by atoms with Gasteiger partial charge in [0.25, 0.3) is 0 Å². The summed E-state index contributed by atoms with van der Waals surface area (Å²) in [6.07, 6.45) is 1.88. The fourth-order valence-corrected chi connectivity index (χ4v) is 4.64. The van der Waals surface area contributed by atoms with Crippen LogP contribution in [-0.4, -0.2) is 57.5 Å². The second-order valence-electron chi connectivity index (χ2n) is 8.10. The highest BCUT2D eigenvalue weighted by Crippen LogP contribution is 2.26. The minimum absolute atomic E-state index is 0. The highest BCUT2D eigenvalue weighted by atomic mass is 35.5. The van der Waals surface area contributed by atoms with Gasteiger partial charge in [-0.25, -0.2) is 9.18 Å². The number of thiophene rings is 1. The van der Waals surface area contributed by atoms with Crippen molar-refractivity contribution >= 4 is 40.9 Å². The molecule has 0 bridgehead atoms. The largest absolute Gasteiger partial charge is 0.416 e. The van der Waals surface area contributed by atoms with Gasteiger partial charge in [-0.2, -0.15) is 15.4 Å². The molecule has 0 spiro atoms. The molecule has 0 aliphatic carbocycles. The topological polar surface area (TPSA) is 74.3 Å². The Labute approximate surface area is 206 Å². The van der Waals surface area contributed by atoms with Crippen molar-refractivity contribution in [1.82, 2.24) is 25.2 Å². The summed E-state index contributed by atoms with van der Waals surface area (Å²) in [5.41, 5.74) is 3.71. The van der Waals surface area contributed by atoms with E-state index in [0.29, 0.717) is 17.2 Å². The first-order valence-electron chi connectivity index (χ1n) is 11.0. The molecule has 0 atom stereocenters. The van der Waals surface area contributed by atoms with Crippen molar-refractivity contribution in [2.24, 2.45) is 0 Å². The standard InChI is InChI=1S/C24H24FN5O2S.ClH/c25-20-7-5-17(18-6-8-21-22(15-18)27-28-26-21)14-19(20)16-30(12-11-29-9-1-2-10-29)24(31)32-23-4-3-13-33-23;/h3-8,13-15H,1-2,9-12,16H2,(H,26,27,28);1H. The third-order valence-electron chi connectivity index (χ3n) is 5.88. The number of ether oxygens (including phenoxy) is 1. The maximum Gasteiger partial charge on any atom is 0.416 e. The number of benzene rings is 2. The van der Waals surface area contributed by atoms with Crippen LogP contribution in [0.5, 0.6) is 5.06 Å². The van der Waals surface area contributed by atoms with Crippen LogP contribution in [0.1, 0.15) is 18.4 Å². The molecule has 0 unspecified atom stereocenters. The zero-order valence-corrected chi connectivity index (χ0v) is 20.1. The van der Waals surface area contributed by atoms with Crippen molar-refractivity contribution in [3.05, 3.63) is 65.3 Å². The Kier molecular flexibility index (Phi) is 7.77. The number of fused-ring (bicyclic) bond motifs is 1. The molecule has 1 aliphatic heterocycles. The average molecular weight is 502 g/mol. The Morgan fingerprint density at radius 1 is 1.09 bits per heavy atom. The monoisotopic (exact) mass is 501 g/mol. The lowest BCUT2D eigenvalue weighted by Gasteiger charge is -2.25. The minimum Gasteiger partial charge on any atom is -0.399 e. The number of likely N-dealkylation sites (tertiary alicyclic amines) is 1. The van der Waals surface area contributed by atoms with E-state index in [2.05, 4.69) is 20.3 Å². The van der Waals surface area contributed by atoms with Crippen LogP contribution in [0, 0.1) is 5.82 Å². The lowest BCUT2D eigenvalue weighted by Crippen LogP contribution is -2.39. The smallest absolute Gasteiger partial charge is 0.399 e. The number of hydrogen-bond donors (Lipinski definition) is 1. The molecule has 1 N–H and O–H groups in total. The summed E-state index contributed by atoms with van der Waals surface area (Å²) in [4.78, 5) is 16.9. The van der Waals surface area contributed by atoms with Gasteiger partial charge >= 0.3 is 6.09 Å². The van der Waals surface area contributed by atoms with E-state index in [1.807, 2.05) is 29.6 Å². The lowest BCUT2D eigenvalue weighted by atomic mass is 10.0. The summed E-state index contributed by atoms with van der Waals surface area (Å²) < 4.78 is 20.4. The Morgan fingerprint density at radius 2 is 1.85 bits per heavy atom. The van der Waals surface area contributed by atoms with Gasteiger partial charge in [-0.15, -0.1) is 23.7 Å². The Morgan fingerprint density at radius 3 is 2.65 bits per heavy atom. The van der Waals surface area contributed by atoms with E-state index < -0.39 is 6.09 Å². The number of halogens is 2. The molecule has 0 saturated carbocycles. The van der Waals surface area contributed by atoms with Gasteiger partial charge in [-0.05, 0) is 78.8 Å². The summed E-state index contributed by atoms with van der Waals surface area (Å²) >= 11 is 1.36. The molecule has 1 amide bonds. The fraction of sp³-hybridized carbons (Fsp3) is 0.292. The minimum atomic E-state index is -0.467. The van der Waals surface area contributed by atoms with Crippen LogP contribution in [0.3, 0.4) is 0 Å². The third kappa shape index (κ3) is 5.55. The number of rotatable bonds is 7. The van der Waals surface area contributed by atoms with Gasteiger partial charge in [-0.3, -0.25) is 0 Å². The number of nitrogens with zero attached hydrogens (tertiary/aromatic N) is 4. The Bertz CT molecular complexity index is 1240. The predicted octanol–water partition coefficient (Wildman–Crippen LogP) is 5.34. The second-order valence-corrected chi connectivity index (χ2v) is 9.01. The van der Waals surface area contributed by atoms with E-state index in [1.165, 1.54) is 30.2 Å². The van der Waals surface area contributed by atoms with Crippen molar-refractivity contribution < 1.29 is 13.9 Å². The first kappa shape index (κ1) is 24.1. The number of hydrogen-bond acceptors (Lipinski definition) is 6. The molecule has 4 aromatic rings. The summed E-state index contributed by atoms with van der Waals surface area (Å²) in [6.45, 7) is 3.40. The predicted molar refractivity (Wildman–Crippen MR) is 133 cm³/mol. The number of H-pyrrole nitrogens is 1. The Balaban J connectivity index is 0.00000274. The van der Waals surface area contributed by atoms with Crippen LogP contribution in [0.2, 0.25) is 0 Å². The summed E-state index contributed by atoms with van der Waals surface area (Å²) in [5.74, 6) is -0.351. The summed E-state index contributed by atoms with van der Waals surface area (Å²) in [6, 6.07) is 14.3. The molecule has 178 valence electrons. The lowest BCUT2D eigenvalue weighted by molar-refractivity contribution is 0.143. The normalized spacial score (nSPS) is 13.7. The van der Waals surface area contributed by atoms with Crippen LogP contribution >= 0.6 is 23.7 Å². The van der Waals surface area contributed by atoms with Gasteiger partial charge in [0.1, 0.15) is 16.9 Å². The second kappa shape index (κ2) is 10.9. The molecule has 10 heteroatoms. The van der Waals surface area contributed by atoms with Gasteiger partial charge < -0.3 is 14.5 Å². The maximum absolute atomic E-state index is 14.8. The van der Waals surface area contributed by atoms with E-state index >= 15 is 0 Å². The van der Waals surface area contributed by atoms with Gasteiger partial charge in [0.05, 0.1) is 6.54 Å². The summed E-state index contributed by atoms with van der Waals surface area (Å²) in [5, 5.41) is 13.2. The van der Waals surface area contributed by atoms with Gasteiger partial charge in [0, 0.05) is 18.7 Å². The molecule has 2 aromatic carbocycles. The first-order chi connectivity index (χ1) is 16.2. The number of aromatic amines is 1. The maximum atomic E-state index is 14.8. The molecular formula is C24H25ClFN5O2S. The first-order valence-corrected chi connectivity index (χ1v) is 11.9. The highest BCUT2D eigenvalue weighted by Gasteiger charge is 2.21. The van der Waals surface area contributed by atoms with Crippen molar-refractivity contribution in [1.29, 1.82) is 0 Å². The van der Waals surface area contributed by atoms with E-state index in [1.54, 1.807) is 23.1 Å². The van der Waals surface area contributed by atoms with E-state index in [4.69, 9.17) is 4.74 Å². The highest BCUT2D eigenvalue weighted by molar-refractivity contribution is 7.11. The molecule has 34 heavy (non-hydrogen) atoms. The van der Waals surface area contributed by atoms with Crippen molar-refractivity contribution in [2.45, 2.75) is 19.4 Å². The number of nitrogens with one attached hydrogen (secondary N) is 1. The van der Waals surface area contributed by atoms with Crippen LogP contribution in [0.15, 0.2) is 53.9 Å². The van der Waals surface area contributed by atoms with Gasteiger partial charge in [-0.1, -0.05) is 12.1 Å². The number of amides is 1. The quantitative estimate of drug-likeness (QED) is 0.370. The van der Waals surface area contributed by atoms with Crippen LogP contribution in [-0.2, 0) is 6.54 Å². The van der Waals surface area contributed by atoms with Crippen LogP contribution < -0.4 is 4.74 Å². The van der Waals surface area contributed by atoms with Crippen molar-refractivity contribution in [3.63, 3.8) is 0 Å². The zero-order chi connectivity index (χ0) is 22.6. The van der Waals surface area contributed by atoms with Gasteiger partial charge in [0.15, 0.2) is 5.06 Å². The van der Waals surface area contributed by atoms with E-state index in [0.717, 1.165) is 41.8 Å². The molecule has 5 rings (SSSR count). The van der Waals surface area contributed by atoms with Gasteiger partial charge in [0.2, 0.25) is 0 Å². The number of carbonyl (C=O) groups excluding carboxylic acids is 1. The summed E-state index contributed by atoms with van der Waals surface area (Å²) in [7, 11) is 0. The fourth-order valence-electron chi connectivity index (χ4n) is 4.08. The number of aromatic nitrogens is 3. The molecule has 0 radical (unpaired) electrons. The molecular weight excluding hydrogens is 477 g/mol. The average Bonchev–Trinajstić information content (AvgIpc) is 3.60. The molecule has 1 fully saturated rings. The molecule has 1 saturated heterocycles. The van der Waals surface area contributed by atoms with Crippen molar-refractivity contribution in [3.8, 4) is 16.2 Å².